The summed E-state index contributed by atoms with van der Waals surface area (Å²) in [4.78, 5) is 15.5. The molecule has 0 aliphatic rings. The smallest absolute Gasteiger partial charge is 0.305 e. The van der Waals surface area contributed by atoms with Crippen molar-refractivity contribution >= 4 is 11.9 Å². The van der Waals surface area contributed by atoms with E-state index in [4.69, 9.17) is 0 Å². The van der Waals surface area contributed by atoms with Crippen LogP contribution in [0.1, 0.15) is 36.3 Å². The number of benzene rings is 2. The van der Waals surface area contributed by atoms with Crippen LogP contribution in [0.25, 0.3) is 0 Å². The predicted molar refractivity (Wildman–Crippen MR) is 115 cm³/mol. The molecule has 0 heterocycles. The number of nitrogens with zero attached hydrogens (tertiary/aromatic N) is 1. The zero-order chi connectivity index (χ0) is 20.0. The van der Waals surface area contributed by atoms with Gasteiger partial charge in [0.2, 0.25) is 0 Å². The van der Waals surface area contributed by atoms with Crippen LogP contribution in [0.4, 0.5) is 0 Å². The standard InChI is InChI=1S/C23H31N3O2/c1-24-23(25-16-10-9-15-22(27)28-2)26-18-21(20-13-7-4-8-14-20)17-19-11-5-3-6-12-19/h3-8,11-14,21H,9-10,15-18H2,1-2H3,(H2,24,25,26). The highest BCUT2D eigenvalue weighted by Crippen LogP contribution is 2.20. The van der Waals surface area contributed by atoms with Crippen molar-refractivity contribution in [2.45, 2.75) is 31.6 Å². The molecule has 5 nitrogen and oxygen atoms in total. The van der Waals surface area contributed by atoms with Crippen molar-refractivity contribution in [3.8, 4) is 0 Å². The second-order valence-corrected chi connectivity index (χ2v) is 6.71. The molecule has 2 aromatic rings. The van der Waals surface area contributed by atoms with Crippen molar-refractivity contribution in [2.24, 2.45) is 4.99 Å². The first-order chi connectivity index (χ1) is 13.7. The highest BCUT2D eigenvalue weighted by Gasteiger charge is 2.13. The topological polar surface area (TPSA) is 62.7 Å². The van der Waals surface area contributed by atoms with Crippen molar-refractivity contribution in [3.05, 3.63) is 71.8 Å². The maximum atomic E-state index is 11.1. The Morgan fingerprint density at radius 2 is 1.68 bits per heavy atom. The van der Waals surface area contributed by atoms with Crippen LogP contribution >= 0.6 is 0 Å². The van der Waals surface area contributed by atoms with Gasteiger partial charge in [-0.2, -0.15) is 0 Å². The molecule has 0 bridgehead atoms. The summed E-state index contributed by atoms with van der Waals surface area (Å²) in [5.74, 6) is 0.975. The Morgan fingerprint density at radius 3 is 2.32 bits per heavy atom. The van der Waals surface area contributed by atoms with Gasteiger partial charge in [-0.3, -0.25) is 9.79 Å². The predicted octanol–water partition coefficient (Wildman–Crippen LogP) is 3.52. The Labute approximate surface area is 168 Å². The highest BCUT2D eigenvalue weighted by atomic mass is 16.5. The number of rotatable bonds is 10. The first-order valence-corrected chi connectivity index (χ1v) is 9.83. The van der Waals surface area contributed by atoms with E-state index >= 15 is 0 Å². The molecule has 28 heavy (non-hydrogen) atoms. The van der Waals surface area contributed by atoms with Crippen LogP contribution < -0.4 is 10.6 Å². The average Bonchev–Trinajstić information content (AvgIpc) is 2.75. The van der Waals surface area contributed by atoms with Gasteiger partial charge in [0.05, 0.1) is 7.11 Å². The molecule has 1 atom stereocenters. The lowest BCUT2D eigenvalue weighted by atomic mass is 9.92. The molecule has 0 saturated heterocycles. The fraction of sp³-hybridized carbons (Fsp3) is 0.391. The minimum atomic E-state index is -0.158. The number of carbonyl (C=O) groups excluding carboxylic acids is 1. The average molecular weight is 382 g/mol. The third kappa shape index (κ3) is 7.82. The molecule has 2 N–H and O–H groups in total. The van der Waals surface area contributed by atoms with Crippen molar-refractivity contribution in [1.82, 2.24) is 10.6 Å². The van der Waals surface area contributed by atoms with Gasteiger partial charge in [-0.25, -0.2) is 0 Å². The lowest BCUT2D eigenvalue weighted by Crippen LogP contribution is -2.40. The molecular weight excluding hydrogens is 350 g/mol. The third-order valence-corrected chi connectivity index (χ3v) is 4.66. The molecule has 2 rings (SSSR count). The minimum absolute atomic E-state index is 0.158. The van der Waals surface area contributed by atoms with Crippen LogP contribution in [0.3, 0.4) is 0 Å². The molecule has 0 spiro atoms. The summed E-state index contributed by atoms with van der Waals surface area (Å²) in [5, 5.41) is 6.76. The van der Waals surface area contributed by atoms with Gasteiger partial charge in [0.25, 0.3) is 0 Å². The number of nitrogens with one attached hydrogen (secondary N) is 2. The number of hydrogen-bond acceptors (Lipinski definition) is 3. The molecule has 0 fully saturated rings. The summed E-state index contributed by atoms with van der Waals surface area (Å²) in [6.45, 7) is 1.56. The van der Waals surface area contributed by atoms with Crippen molar-refractivity contribution < 1.29 is 9.53 Å². The molecule has 0 aliphatic heterocycles. The van der Waals surface area contributed by atoms with Gasteiger partial charge < -0.3 is 15.4 Å². The molecule has 0 radical (unpaired) electrons. The van der Waals surface area contributed by atoms with Gasteiger partial charge in [-0.1, -0.05) is 60.7 Å². The van der Waals surface area contributed by atoms with Gasteiger partial charge in [-0.15, -0.1) is 0 Å². The van der Waals surface area contributed by atoms with E-state index in [0.717, 1.165) is 38.3 Å². The quantitative estimate of drug-likeness (QED) is 0.286. The largest absolute Gasteiger partial charge is 0.469 e. The zero-order valence-electron chi connectivity index (χ0n) is 16.9. The first-order valence-electron chi connectivity index (χ1n) is 9.83. The Morgan fingerprint density at radius 1 is 1.00 bits per heavy atom. The maximum absolute atomic E-state index is 11.1. The molecule has 0 aromatic heterocycles. The summed E-state index contributed by atoms with van der Waals surface area (Å²) in [6.07, 6.45) is 3.12. The molecular formula is C23H31N3O2. The summed E-state index contributed by atoms with van der Waals surface area (Å²) in [6, 6.07) is 21.1. The number of guanidine groups is 1. The molecule has 0 amide bonds. The van der Waals surface area contributed by atoms with Crippen LogP contribution in [-0.2, 0) is 16.0 Å². The van der Waals surface area contributed by atoms with Crippen molar-refractivity contribution in [1.29, 1.82) is 0 Å². The van der Waals surface area contributed by atoms with E-state index in [1.165, 1.54) is 18.2 Å². The van der Waals surface area contributed by atoms with E-state index in [1.807, 2.05) is 12.1 Å². The number of hydrogen-bond donors (Lipinski definition) is 2. The summed E-state index contributed by atoms with van der Waals surface area (Å²) in [7, 11) is 3.20. The first kappa shape index (κ1) is 21.5. The number of unbranched alkanes of at least 4 members (excludes halogenated alkanes) is 1. The number of esters is 1. The lowest BCUT2D eigenvalue weighted by Gasteiger charge is -2.20. The number of methoxy groups -OCH3 is 1. The molecule has 150 valence electrons. The minimum Gasteiger partial charge on any atom is -0.469 e. The van der Waals surface area contributed by atoms with Crippen LogP contribution in [-0.4, -0.2) is 39.2 Å². The summed E-state index contributed by atoms with van der Waals surface area (Å²) >= 11 is 0. The molecule has 1 unspecified atom stereocenters. The Kier molecular flexibility index (Phi) is 9.62. The SMILES string of the molecule is CN=C(NCCCCC(=O)OC)NCC(Cc1ccccc1)c1ccccc1. The molecule has 2 aromatic carbocycles. The van der Waals surface area contributed by atoms with Crippen LogP contribution in [0.2, 0.25) is 0 Å². The zero-order valence-corrected chi connectivity index (χ0v) is 16.9. The lowest BCUT2D eigenvalue weighted by molar-refractivity contribution is -0.140. The highest BCUT2D eigenvalue weighted by molar-refractivity contribution is 5.79. The van der Waals surface area contributed by atoms with Gasteiger partial charge in [0.15, 0.2) is 5.96 Å². The van der Waals surface area contributed by atoms with Gasteiger partial charge >= 0.3 is 5.97 Å². The second-order valence-electron chi connectivity index (χ2n) is 6.71. The fourth-order valence-corrected chi connectivity index (χ4v) is 3.08. The van der Waals surface area contributed by atoms with E-state index in [9.17, 15) is 4.79 Å². The number of ether oxygens (including phenoxy) is 1. The van der Waals surface area contributed by atoms with Crippen LogP contribution in [0.5, 0.6) is 0 Å². The second kappa shape index (κ2) is 12.5. The number of carbonyl (C=O) groups is 1. The van der Waals surface area contributed by atoms with Crippen molar-refractivity contribution in [3.63, 3.8) is 0 Å². The maximum Gasteiger partial charge on any atom is 0.305 e. The monoisotopic (exact) mass is 381 g/mol. The van der Waals surface area contributed by atoms with Crippen LogP contribution in [0.15, 0.2) is 65.7 Å². The fourth-order valence-electron chi connectivity index (χ4n) is 3.08. The summed E-state index contributed by atoms with van der Waals surface area (Å²) < 4.78 is 4.66. The van der Waals surface area contributed by atoms with Crippen molar-refractivity contribution in [2.75, 3.05) is 27.2 Å². The normalized spacial score (nSPS) is 12.3. The summed E-state index contributed by atoms with van der Waals surface area (Å²) in [5.41, 5.74) is 2.64. The third-order valence-electron chi connectivity index (χ3n) is 4.66. The van der Waals surface area contributed by atoms with Gasteiger partial charge in [0, 0.05) is 32.5 Å². The Bertz CT molecular complexity index is 717. The van der Waals surface area contributed by atoms with Gasteiger partial charge in [-0.05, 0) is 30.4 Å². The van der Waals surface area contributed by atoms with E-state index in [-0.39, 0.29) is 5.97 Å². The van der Waals surface area contributed by atoms with E-state index < -0.39 is 0 Å². The Hall–Kier alpha value is -2.82. The van der Waals surface area contributed by atoms with Gasteiger partial charge in [0.1, 0.15) is 0 Å². The number of aliphatic imine (C=N–C) groups is 1. The van der Waals surface area contributed by atoms with Crippen LogP contribution in [0, 0.1) is 0 Å². The Balaban J connectivity index is 1.86. The molecule has 0 aliphatic carbocycles. The van der Waals surface area contributed by atoms with E-state index in [2.05, 4.69) is 68.9 Å². The van der Waals surface area contributed by atoms with E-state index in [1.54, 1.807) is 7.05 Å². The molecule has 0 saturated carbocycles. The van der Waals surface area contributed by atoms with E-state index in [0.29, 0.717) is 12.3 Å². The molecule has 5 heteroatoms.